The summed E-state index contributed by atoms with van der Waals surface area (Å²) in [5.74, 6) is -16.8. The van der Waals surface area contributed by atoms with Crippen LogP contribution in [0.15, 0.2) is 43.0 Å². The van der Waals surface area contributed by atoms with Crippen LogP contribution in [0.1, 0.15) is 129 Å². The number of nitrogens with zero attached hydrogens (tertiary/aromatic N) is 3. The largest absolute Gasteiger partial charge is 0.481 e. The summed E-state index contributed by atoms with van der Waals surface area (Å²) in [4.78, 5) is 228. The summed E-state index contributed by atoms with van der Waals surface area (Å²) in [6.45, 7) is 7.30. The first-order chi connectivity index (χ1) is 47.7. The lowest BCUT2D eigenvalue weighted by molar-refractivity contribution is -0.144. The van der Waals surface area contributed by atoms with Gasteiger partial charge in [-0.05, 0) is 81.8 Å². The SMILES string of the molecule is CC[C@H](C)[C@H](NC(=O)[C@H](Cc1c[nH]c2ccccc12)NC(=O)[C@H](CCC(=O)O)NC(=O)[C@H](CC(N)=O)NC(=O)[C@@H](N)CO)C(=O)N[C@@H](CCC(N)=O)C(=O)N1CCC[C@H]1C(=O)N[C@@H](C)C(=O)N[C@@H](CC(C)C)C(=O)N1CCC[C@H]1C(=O)N[C@@H](CCC(N)=O)C(=O)N[C@@H](Cc1cnc[nH]1)C(=O)O. The highest BCUT2D eigenvalue weighted by Gasteiger charge is 2.43. The highest BCUT2D eigenvalue weighted by Crippen LogP contribution is 2.25. The van der Waals surface area contributed by atoms with Crippen LogP contribution in [0, 0.1) is 11.8 Å². The van der Waals surface area contributed by atoms with E-state index in [2.05, 4.69) is 62.8 Å². The Bertz CT molecular complexity index is 3490. The Morgan fingerprint density at radius 2 is 1.09 bits per heavy atom. The van der Waals surface area contributed by atoms with E-state index in [4.69, 9.17) is 22.9 Å². The molecule has 554 valence electrons. The molecular weight excluding hydrogens is 1320 g/mol. The van der Waals surface area contributed by atoms with Crippen molar-refractivity contribution in [1.29, 1.82) is 0 Å². The minimum atomic E-state index is -1.77. The van der Waals surface area contributed by atoms with E-state index in [-0.39, 0.29) is 76.8 Å². The molecule has 0 aliphatic carbocycles. The van der Waals surface area contributed by atoms with Gasteiger partial charge in [0.05, 0.1) is 19.4 Å². The lowest BCUT2D eigenvalue weighted by Gasteiger charge is -2.32. The second-order valence-corrected chi connectivity index (χ2v) is 25.6. The van der Waals surface area contributed by atoms with Gasteiger partial charge in [0.1, 0.15) is 72.5 Å². The number of aliphatic carboxylic acids is 2. The smallest absolute Gasteiger partial charge is 0.326 e. The quantitative estimate of drug-likeness (QED) is 0.0252. The van der Waals surface area contributed by atoms with Crippen molar-refractivity contribution in [2.45, 2.75) is 203 Å². The topological polar surface area (TPSA) is 597 Å². The first-order valence-electron chi connectivity index (χ1n) is 33.3. The number of aromatic nitrogens is 3. The maximum atomic E-state index is 14.8. The van der Waals surface area contributed by atoms with Crippen molar-refractivity contribution in [3.63, 3.8) is 0 Å². The van der Waals surface area contributed by atoms with Crippen molar-refractivity contribution < 1.29 is 92.0 Å². The molecule has 5 rings (SSSR count). The maximum absolute atomic E-state index is 14.8. The normalized spacial score (nSPS) is 17.5. The van der Waals surface area contributed by atoms with Crippen LogP contribution in [-0.2, 0) is 89.6 Å². The van der Waals surface area contributed by atoms with Crippen LogP contribution in [0.2, 0.25) is 0 Å². The Kier molecular flexibility index (Phi) is 31.1. The van der Waals surface area contributed by atoms with E-state index in [0.717, 1.165) is 4.90 Å². The summed E-state index contributed by atoms with van der Waals surface area (Å²) in [6, 6.07) is -10.9. The number of para-hydroxylation sites is 1. The molecule has 0 unspecified atom stereocenters. The van der Waals surface area contributed by atoms with Crippen molar-refractivity contribution in [2.24, 2.45) is 34.8 Å². The van der Waals surface area contributed by atoms with E-state index in [0.29, 0.717) is 28.6 Å². The van der Waals surface area contributed by atoms with Crippen molar-refractivity contribution in [3.8, 4) is 0 Å². The molecule has 4 heterocycles. The molecule has 2 aromatic heterocycles. The average Bonchev–Trinajstić information content (AvgIpc) is 1.76. The third-order valence-corrected chi connectivity index (χ3v) is 17.3. The number of nitrogens with two attached hydrogens (primary N) is 4. The number of rotatable bonds is 41. The van der Waals surface area contributed by atoms with Gasteiger partial charge in [0, 0.05) is 74.2 Å². The number of imidazole rings is 1. The van der Waals surface area contributed by atoms with Crippen LogP contribution in [0.5, 0.6) is 0 Å². The number of carboxylic acid groups (broad SMARTS) is 2. The van der Waals surface area contributed by atoms with Crippen molar-refractivity contribution in [1.82, 2.24) is 72.6 Å². The fourth-order valence-corrected chi connectivity index (χ4v) is 11.6. The van der Waals surface area contributed by atoms with Gasteiger partial charge in [-0.3, -0.25) is 71.9 Å². The standard InChI is InChI=1S/C64H94N18O19/c1-6-32(4)52(80-58(94)42(24-34-27-70-38-12-8-7-11-36(34)38)77-55(91)40(17-20-51(87)88)73-57(93)43(26-50(68)86)76-54(90)37(65)29-83)61(97)75-41(16-19-49(67)85)62(98)81-21-9-13-46(81)59(95)72-33(5)53(89)78-44(23-31(2)3)63(99)82-22-10-14-47(82)60(96)74-39(15-18-48(66)84)56(92)79-45(64(100)101)25-35-28-69-30-71-35/h7-8,11-12,27-28,30-33,37,39-47,52,70,83H,6,9-10,13-26,29,65H2,1-5H3,(H2,66,84)(H2,67,85)(H2,68,86)(H,69,71)(H,72,95)(H,73,93)(H,74,96)(H,75,97)(H,76,90)(H,77,91)(H,78,89)(H,79,92)(H,80,94)(H,87,88)(H,100,101)/t32-,33-,37-,39-,40-,41-,42-,43-,44-,45-,46-,47-,52-/m0/s1. The summed E-state index contributed by atoms with van der Waals surface area (Å²) in [5, 5.41) is 52.0. The molecule has 2 aliphatic rings. The molecule has 2 fully saturated rings. The van der Waals surface area contributed by atoms with Gasteiger partial charge in [0.15, 0.2) is 0 Å². The second-order valence-electron chi connectivity index (χ2n) is 25.6. The first-order valence-corrected chi connectivity index (χ1v) is 33.3. The number of hydrogen-bond donors (Lipinski definition) is 18. The summed E-state index contributed by atoms with van der Waals surface area (Å²) in [7, 11) is 0. The molecule has 37 nitrogen and oxygen atoms in total. The molecule has 2 saturated heterocycles. The lowest BCUT2D eigenvalue weighted by Crippen LogP contribution is -2.61. The zero-order valence-corrected chi connectivity index (χ0v) is 56.9. The molecule has 22 N–H and O–H groups in total. The summed E-state index contributed by atoms with van der Waals surface area (Å²) in [5.41, 5.74) is 23.3. The Morgan fingerprint density at radius 3 is 1.64 bits per heavy atom. The number of carbonyl (C=O) groups is 16. The number of aromatic amines is 2. The Labute approximate surface area is 580 Å². The van der Waals surface area contributed by atoms with Gasteiger partial charge in [-0.1, -0.05) is 52.3 Å². The molecule has 0 saturated carbocycles. The number of nitrogens with one attached hydrogen (secondary N) is 11. The van der Waals surface area contributed by atoms with E-state index in [1.807, 2.05) is 0 Å². The molecule has 0 radical (unpaired) electrons. The third-order valence-electron chi connectivity index (χ3n) is 17.3. The molecule has 0 bridgehead atoms. The molecule has 14 amide bonds. The van der Waals surface area contributed by atoms with Crippen molar-refractivity contribution in [3.05, 3.63) is 54.2 Å². The molecule has 0 spiro atoms. The Hall–Kier alpha value is -10.6. The fraction of sp³-hybridized carbons (Fsp3) is 0.578. The van der Waals surface area contributed by atoms with E-state index >= 15 is 0 Å². The minimum absolute atomic E-state index is 0.0473. The van der Waals surface area contributed by atoms with Gasteiger partial charge in [-0.25, -0.2) is 9.78 Å². The molecule has 3 aromatic rings. The van der Waals surface area contributed by atoms with E-state index in [1.54, 1.807) is 58.2 Å². The number of aliphatic hydroxyl groups is 1. The number of likely N-dealkylation sites (tertiary alicyclic amines) is 2. The van der Waals surface area contributed by atoms with E-state index < -0.39 is 212 Å². The predicted octanol–water partition coefficient (Wildman–Crippen LogP) is -5.19. The Morgan fingerprint density at radius 1 is 0.574 bits per heavy atom. The second kappa shape index (κ2) is 38.7. The van der Waals surface area contributed by atoms with E-state index in [9.17, 15) is 92.0 Å². The van der Waals surface area contributed by atoms with Crippen LogP contribution in [0.3, 0.4) is 0 Å². The van der Waals surface area contributed by atoms with Gasteiger partial charge in [-0.2, -0.15) is 0 Å². The van der Waals surface area contributed by atoms with Gasteiger partial charge in [0.25, 0.3) is 0 Å². The number of H-pyrrole nitrogens is 2. The van der Waals surface area contributed by atoms with Gasteiger partial charge in [-0.15, -0.1) is 0 Å². The van der Waals surface area contributed by atoms with Crippen LogP contribution in [0.25, 0.3) is 10.9 Å². The third kappa shape index (κ3) is 24.4. The van der Waals surface area contributed by atoms with E-state index in [1.165, 1.54) is 24.3 Å². The van der Waals surface area contributed by atoms with Crippen molar-refractivity contribution >= 4 is 106 Å². The predicted molar refractivity (Wildman–Crippen MR) is 356 cm³/mol. The number of carboxylic acids is 2. The highest BCUT2D eigenvalue weighted by molar-refractivity contribution is 6.01. The number of amides is 14. The van der Waals surface area contributed by atoms with Crippen LogP contribution < -0.4 is 70.8 Å². The molecular formula is C64H94N18O19. The highest BCUT2D eigenvalue weighted by atomic mass is 16.4. The average molecular weight is 1420 g/mol. The summed E-state index contributed by atoms with van der Waals surface area (Å²) in [6.07, 6.45) is 1.04. The van der Waals surface area contributed by atoms with Crippen molar-refractivity contribution in [2.75, 3.05) is 19.7 Å². The molecule has 101 heavy (non-hydrogen) atoms. The number of carbonyl (C=O) groups excluding carboxylic acids is 14. The first kappa shape index (κ1) is 81.1. The summed E-state index contributed by atoms with van der Waals surface area (Å²) >= 11 is 0. The number of hydrogen-bond acceptors (Lipinski definition) is 19. The fourth-order valence-electron chi connectivity index (χ4n) is 11.6. The lowest BCUT2D eigenvalue weighted by atomic mass is 9.96. The van der Waals surface area contributed by atoms with Gasteiger partial charge in [0.2, 0.25) is 82.7 Å². The number of benzene rings is 1. The monoisotopic (exact) mass is 1420 g/mol. The molecule has 13 atom stereocenters. The molecule has 1 aromatic carbocycles. The number of aliphatic hydroxyl groups excluding tert-OH is 1. The molecule has 2 aliphatic heterocycles. The summed E-state index contributed by atoms with van der Waals surface area (Å²) < 4.78 is 0. The maximum Gasteiger partial charge on any atom is 0.326 e. The zero-order valence-electron chi connectivity index (χ0n) is 56.9. The molecule has 37 heteroatoms. The minimum Gasteiger partial charge on any atom is -0.481 e. The van der Waals surface area contributed by atoms with Gasteiger partial charge >= 0.3 is 11.9 Å². The zero-order chi connectivity index (χ0) is 74.9. The van der Waals surface area contributed by atoms with Crippen LogP contribution >= 0.6 is 0 Å². The van der Waals surface area contributed by atoms with Gasteiger partial charge < -0.3 is 106 Å². The number of fused-ring (bicyclic) bond motifs is 1. The van der Waals surface area contributed by atoms with Crippen LogP contribution in [-0.4, -0.2) is 227 Å². The number of primary amides is 3. The Balaban J connectivity index is 1.32. The van der Waals surface area contributed by atoms with Crippen LogP contribution in [0.4, 0.5) is 0 Å².